The van der Waals surface area contributed by atoms with Crippen molar-refractivity contribution < 1.29 is 4.79 Å². The largest absolute Gasteiger partial charge is 0.349 e. The Morgan fingerprint density at radius 2 is 1.55 bits per heavy atom. The summed E-state index contributed by atoms with van der Waals surface area (Å²) in [4.78, 5) is 12.0. The predicted molar refractivity (Wildman–Crippen MR) is 95.1 cm³/mol. The molecule has 1 atom stereocenters. The van der Waals surface area contributed by atoms with E-state index in [0.29, 0.717) is 5.75 Å². The highest BCUT2D eigenvalue weighted by Gasteiger charge is 2.09. The summed E-state index contributed by atoms with van der Waals surface area (Å²) in [7, 11) is 0. The highest BCUT2D eigenvalue weighted by Crippen LogP contribution is 2.15. The Kier molecular flexibility index (Phi) is 6.08. The SMILES string of the molecule is Cc1ccc(CSCC(=O)N[C@@H](C)c2ccc(C)cc2)cc1. The summed E-state index contributed by atoms with van der Waals surface area (Å²) < 4.78 is 0. The minimum absolute atomic E-state index is 0.0491. The van der Waals surface area contributed by atoms with Crippen LogP contribution in [0.1, 0.15) is 35.2 Å². The Balaban J connectivity index is 1.75. The predicted octanol–water partition coefficient (Wildman–Crippen LogP) is 4.41. The van der Waals surface area contributed by atoms with Crippen molar-refractivity contribution in [2.75, 3.05) is 5.75 Å². The molecule has 0 aliphatic rings. The molecule has 1 amide bonds. The minimum atomic E-state index is 0.0491. The standard InChI is InChI=1S/C19H23NOS/c1-14-4-8-17(9-5-14)12-22-13-19(21)20-16(3)18-10-6-15(2)7-11-18/h4-11,16H,12-13H2,1-3H3,(H,20,21)/t16-/m0/s1. The van der Waals surface area contributed by atoms with Gasteiger partial charge in [0.2, 0.25) is 5.91 Å². The van der Waals surface area contributed by atoms with Crippen LogP contribution >= 0.6 is 11.8 Å². The van der Waals surface area contributed by atoms with Gasteiger partial charge in [0, 0.05) is 5.75 Å². The molecular weight excluding hydrogens is 290 g/mol. The maximum atomic E-state index is 12.0. The van der Waals surface area contributed by atoms with Crippen molar-refractivity contribution >= 4 is 17.7 Å². The first-order valence-electron chi connectivity index (χ1n) is 7.54. The van der Waals surface area contributed by atoms with Crippen molar-refractivity contribution in [3.63, 3.8) is 0 Å². The van der Waals surface area contributed by atoms with Gasteiger partial charge in [-0.25, -0.2) is 0 Å². The number of rotatable bonds is 6. The molecule has 0 spiro atoms. The molecule has 0 unspecified atom stereocenters. The van der Waals surface area contributed by atoms with Gasteiger partial charge in [-0.05, 0) is 31.9 Å². The number of thioether (sulfide) groups is 1. The van der Waals surface area contributed by atoms with Gasteiger partial charge in [0.1, 0.15) is 0 Å². The van der Waals surface area contributed by atoms with Gasteiger partial charge >= 0.3 is 0 Å². The molecule has 0 saturated heterocycles. The normalized spacial score (nSPS) is 12.0. The minimum Gasteiger partial charge on any atom is -0.349 e. The third-order valence-corrected chi connectivity index (χ3v) is 4.58. The maximum Gasteiger partial charge on any atom is 0.230 e. The summed E-state index contributed by atoms with van der Waals surface area (Å²) >= 11 is 1.65. The van der Waals surface area contributed by atoms with Crippen molar-refractivity contribution in [1.82, 2.24) is 5.32 Å². The molecule has 0 aliphatic carbocycles. The lowest BCUT2D eigenvalue weighted by atomic mass is 10.1. The lowest BCUT2D eigenvalue weighted by molar-refractivity contribution is -0.119. The molecule has 116 valence electrons. The van der Waals surface area contributed by atoms with Gasteiger partial charge in [-0.1, -0.05) is 59.7 Å². The molecule has 2 aromatic rings. The Morgan fingerprint density at radius 3 is 2.14 bits per heavy atom. The van der Waals surface area contributed by atoms with Crippen molar-refractivity contribution in [3.05, 3.63) is 70.8 Å². The summed E-state index contributed by atoms with van der Waals surface area (Å²) in [5.74, 6) is 1.45. The number of carbonyl (C=O) groups is 1. The summed E-state index contributed by atoms with van der Waals surface area (Å²) in [6.07, 6.45) is 0. The van der Waals surface area contributed by atoms with Crippen LogP contribution in [0.3, 0.4) is 0 Å². The van der Waals surface area contributed by atoms with Crippen LogP contribution in [0.15, 0.2) is 48.5 Å². The van der Waals surface area contributed by atoms with E-state index in [1.54, 1.807) is 11.8 Å². The Hall–Kier alpha value is -1.74. The highest BCUT2D eigenvalue weighted by molar-refractivity contribution is 7.99. The van der Waals surface area contributed by atoms with Gasteiger partial charge in [-0.15, -0.1) is 11.8 Å². The van der Waals surface area contributed by atoms with Gasteiger partial charge in [0.25, 0.3) is 0 Å². The fourth-order valence-electron chi connectivity index (χ4n) is 2.17. The number of amides is 1. The first-order chi connectivity index (χ1) is 10.5. The van der Waals surface area contributed by atoms with E-state index >= 15 is 0 Å². The van der Waals surface area contributed by atoms with Crippen LogP contribution in [-0.2, 0) is 10.5 Å². The fourth-order valence-corrected chi connectivity index (χ4v) is 2.97. The number of nitrogens with one attached hydrogen (secondary N) is 1. The van der Waals surface area contributed by atoms with Crippen LogP contribution in [-0.4, -0.2) is 11.7 Å². The van der Waals surface area contributed by atoms with E-state index in [9.17, 15) is 4.79 Å². The molecule has 2 aromatic carbocycles. The average molecular weight is 313 g/mol. The summed E-state index contributed by atoms with van der Waals surface area (Å²) in [6, 6.07) is 16.8. The molecule has 0 aliphatic heterocycles. The van der Waals surface area contributed by atoms with Crippen LogP contribution in [0.25, 0.3) is 0 Å². The van der Waals surface area contributed by atoms with Gasteiger partial charge in [0.05, 0.1) is 11.8 Å². The number of hydrogen-bond acceptors (Lipinski definition) is 2. The molecule has 0 radical (unpaired) electrons. The van der Waals surface area contributed by atoms with Gasteiger partial charge in [-0.2, -0.15) is 0 Å². The number of carbonyl (C=O) groups excluding carboxylic acids is 1. The number of hydrogen-bond donors (Lipinski definition) is 1. The summed E-state index contributed by atoms with van der Waals surface area (Å²) in [5.41, 5.74) is 4.90. The molecule has 0 heterocycles. The van der Waals surface area contributed by atoms with Crippen LogP contribution in [0, 0.1) is 13.8 Å². The topological polar surface area (TPSA) is 29.1 Å². The van der Waals surface area contributed by atoms with E-state index in [1.807, 2.05) is 6.92 Å². The zero-order chi connectivity index (χ0) is 15.9. The van der Waals surface area contributed by atoms with Crippen molar-refractivity contribution in [3.8, 4) is 0 Å². The zero-order valence-electron chi connectivity index (χ0n) is 13.4. The van der Waals surface area contributed by atoms with Crippen molar-refractivity contribution in [2.24, 2.45) is 0 Å². The molecule has 0 aromatic heterocycles. The van der Waals surface area contributed by atoms with E-state index < -0.39 is 0 Å². The quantitative estimate of drug-likeness (QED) is 0.855. The highest BCUT2D eigenvalue weighted by atomic mass is 32.2. The van der Waals surface area contributed by atoms with E-state index in [2.05, 4.69) is 67.7 Å². The molecule has 1 N–H and O–H groups in total. The maximum absolute atomic E-state index is 12.0. The second-order valence-electron chi connectivity index (χ2n) is 5.68. The number of aryl methyl sites for hydroxylation is 2. The fraction of sp³-hybridized carbons (Fsp3) is 0.316. The monoisotopic (exact) mass is 313 g/mol. The van der Waals surface area contributed by atoms with Gasteiger partial charge < -0.3 is 5.32 Å². The smallest absolute Gasteiger partial charge is 0.230 e. The molecule has 0 bridgehead atoms. The molecule has 0 fully saturated rings. The van der Waals surface area contributed by atoms with E-state index in [4.69, 9.17) is 0 Å². The third kappa shape index (κ3) is 5.23. The van der Waals surface area contributed by atoms with Crippen LogP contribution in [0.5, 0.6) is 0 Å². The molecule has 2 nitrogen and oxygen atoms in total. The van der Waals surface area contributed by atoms with E-state index in [-0.39, 0.29) is 11.9 Å². The second kappa shape index (κ2) is 8.04. The lowest BCUT2D eigenvalue weighted by Gasteiger charge is -2.14. The van der Waals surface area contributed by atoms with Crippen LogP contribution in [0.2, 0.25) is 0 Å². The first kappa shape index (κ1) is 16.6. The molecule has 0 saturated carbocycles. The van der Waals surface area contributed by atoms with Crippen LogP contribution < -0.4 is 5.32 Å². The van der Waals surface area contributed by atoms with Crippen molar-refractivity contribution in [2.45, 2.75) is 32.6 Å². The first-order valence-corrected chi connectivity index (χ1v) is 8.69. The lowest BCUT2D eigenvalue weighted by Crippen LogP contribution is -2.28. The molecule has 22 heavy (non-hydrogen) atoms. The summed E-state index contributed by atoms with van der Waals surface area (Å²) in [5, 5.41) is 3.05. The Bertz CT molecular complexity index is 604. The molecular formula is C19H23NOS. The van der Waals surface area contributed by atoms with Gasteiger partial charge in [-0.3, -0.25) is 4.79 Å². The van der Waals surface area contributed by atoms with Gasteiger partial charge in [0.15, 0.2) is 0 Å². The summed E-state index contributed by atoms with van der Waals surface area (Å²) in [6.45, 7) is 6.17. The number of benzene rings is 2. The molecule has 2 rings (SSSR count). The Labute approximate surface area is 137 Å². The van der Waals surface area contributed by atoms with Crippen LogP contribution in [0.4, 0.5) is 0 Å². The average Bonchev–Trinajstić information content (AvgIpc) is 2.50. The third-order valence-electron chi connectivity index (χ3n) is 3.58. The second-order valence-corrected chi connectivity index (χ2v) is 6.66. The van der Waals surface area contributed by atoms with E-state index in [1.165, 1.54) is 16.7 Å². The zero-order valence-corrected chi connectivity index (χ0v) is 14.2. The van der Waals surface area contributed by atoms with Crippen molar-refractivity contribution in [1.29, 1.82) is 0 Å². The Morgan fingerprint density at radius 1 is 1.00 bits per heavy atom. The molecule has 3 heteroatoms. The van der Waals surface area contributed by atoms with E-state index in [0.717, 1.165) is 11.3 Å².